The molecule has 0 N–H and O–H groups in total. The number of carbonyl (C=O) groups is 3. The summed E-state index contributed by atoms with van der Waals surface area (Å²) >= 11 is 6.00. The number of ether oxygens (including phenoxy) is 1. The Morgan fingerprint density at radius 3 is 2.43 bits per heavy atom. The molecule has 0 unspecified atom stereocenters. The first kappa shape index (κ1) is 19.2. The van der Waals surface area contributed by atoms with Gasteiger partial charge in [0.05, 0.1) is 12.0 Å². The highest BCUT2D eigenvalue weighted by molar-refractivity contribution is 6.31. The summed E-state index contributed by atoms with van der Waals surface area (Å²) in [6.07, 6.45) is 3.09. The lowest BCUT2D eigenvalue weighted by atomic mass is 9.82. The Morgan fingerprint density at radius 2 is 1.79 bits per heavy atom. The molecule has 1 aromatic carbocycles. The molecule has 0 bridgehead atoms. The second kappa shape index (κ2) is 7.39. The number of halogens is 1. The van der Waals surface area contributed by atoms with Crippen LogP contribution in [-0.2, 0) is 9.59 Å². The van der Waals surface area contributed by atoms with Crippen molar-refractivity contribution in [2.45, 2.75) is 44.6 Å². The summed E-state index contributed by atoms with van der Waals surface area (Å²) in [6.45, 7) is 4.08. The van der Waals surface area contributed by atoms with Gasteiger partial charge in [-0.1, -0.05) is 11.6 Å². The minimum absolute atomic E-state index is 0.0126. The van der Waals surface area contributed by atoms with Crippen LogP contribution in [0.5, 0.6) is 5.75 Å². The molecule has 28 heavy (non-hydrogen) atoms. The van der Waals surface area contributed by atoms with E-state index in [0.29, 0.717) is 61.8 Å². The number of Topliss-reactive ketones (excluding diaryl/α,β-unsaturated/α-hetero) is 1. The molecule has 3 aliphatic heterocycles. The van der Waals surface area contributed by atoms with E-state index in [4.69, 9.17) is 16.3 Å². The van der Waals surface area contributed by atoms with Crippen LogP contribution in [0.3, 0.4) is 0 Å². The molecule has 1 aromatic rings. The van der Waals surface area contributed by atoms with E-state index in [1.54, 1.807) is 30.0 Å². The minimum atomic E-state index is -0.521. The van der Waals surface area contributed by atoms with Crippen molar-refractivity contribution in [2.75, 3.05) is 26.2 Å². The van der Waals surface area contributed by atoms with E-state index >= 15 is 0 Å². The fraction of sp³-hybridized carbons (Fsp3) is 0.571. The third kappa shape index (κ3) is 3.62. The minimum Gasteiger partial charge on any atom is -0.486 e. The average Bonchev–Trinajstić information content (AvgIpc) is 2.69. The van der Waals surface area contributed by atoms with Gasteiger partial charge in [-0.2, -0.15) is 0 Å². The first-order chi connectivity index (χ1) is 13.4. The molecule has 2 saturated heterocycles. The van der Waals surface area contributed by atoms with Crippen molar-refractivity contribution >= 4 is 29.2 Å². The molecule has 7 heteroatoms. The van der Waals surface area contributed by atoms with E-state index in [2.05, 4.69) is 0 Å². The van der Waals surface area contributed by atoms with Crippen LogP contribution in [0.2, 0.25) is 5.02 Å². The van der Waals surface area contributed by atoms with E-state index in [-0.39, 0.29) is 23.5 Å². The van der Waals surface area contributed by atoms with Gasteiger partial charge in [0, 0.05) is 56.9 Å². The fourth-order valence-corrected chi connectivity index (χ4v) is 4.75. The molecule has 2 amide bonds. The van der Waals surface area contributed by atoms with Crippen LogP contribution in [0.25, 0.3) is 0 Å². The number of piperidine rings is 2. The van der Waals surface area contributed by atoms with Crippen LogP contribution in [0, 0.1) is 5.92 Å². The van der Waals surface area contributed by atoms with Crippen molar-refractivity contribution in [3.05, 3.63) is 28.8 Å². The predicted molar refractivity (Wildman–Crippen MR) is 105 cm³/mol. The summed E-state index contributed by atoms with van der Waals surface area (Å²) in [5.41, 5.74) is 0.0287. The average molecular weight is 405 g/mol. The summed E-state index contributed by atoms with van der Waals surface area (Å²) in [4.78, 5) is 40.7. The van der Waals surface area contributed by atoms with Crippen molar-refractivity contribution in [3.63, 3.8) is 0 Å². The van der Waals surface area contributed by atoms with Crippen molar-refractivity contribution < 1.29 is 19.1 Å². The van der Waals surface area contributed by atoms with Crippen molar-refractivity contribution in [2.24, 2.45) is 5.92 Å². The van der Waals surface area contributed by atoms with Crippen molar-refractivity contribution in [1.82, 2.24) is 9.80 Å². The van der Waals surface area contributed by atoms with Gasteiger partial charge in [-0.05, 0) is 31.0 Å². The standard InChI is InChI=1S/C21H25ClN2O4/c1-14(25)23-8-4-15(5-9-23)20(27)24-10-6-21(7-11-24)13-18(26)17-12-16(22)2-3-19(17)28-21/h2-3,12,15H,4-11,13H2,1H3. The van der Waals surface area contributed by atoms with Gasteiger partial charge in [0.1, 0.15) is 11.4 Å². The Kier molecular flexibility index (Phi) is 5.08. The maximum Gasteiger partial charge on any atom is 0.225 e. The zero-order valence-electron chi connectivity index (χ0n) is 16.1. The SMILES string of the molecule is CC(=O)N1CCC(C(=O)N2CCC3(CC2)CC(=O)c2cc(Cl)ccc2O3)CC1. The fourth-order valence-electron chi connectivity index (χ4n) is 4.58. The van der Waals surface area contributed by atoms with Crippen molar-refractivity contribution in [3.8, 4) is 5.75 Å². The number of fused-ring (bicyclic) bond motifs is 1. The zero-order valence-corrected chi connectivity index (χ0v) is 16.8. The molecule has 6 nitrogen and oxygen atoms in total. The first-order valence-electron chi connectivity index (χ1n) is 9.93. The van der Waals surface area contributed by atoms with Crippen LogP contribution in [0.4, 0.5) is 0 Å². The highest BCUT2D eigenvalue weighted by Gasteiger charge is 2.44. The molecule has 2 fully saturated rings. The summed E-state index contributed by atoms with van der Waals surface area (Å²) in [5.74, 6) is 0.887. The highest BCUT2D eigenvalue weighted by Crippen LogP contribution is 2.40. The van der Waals surface area contributed by atoms with Gasteiger partial charge in [0.25, 0.3) is 0 Å². The number of benzene rings is 1. The summed E-state index contributed by atoms with van der Waals surface area (Å²) < 4.78 is 6.24. The molecule has 0 atom stereocenters. The molecule has 0 saturated carbocycles. The Morgan fingerprint density at radius 1 is 1.11 bits per heavy atom. The van der Waals surface area contributed by atoms with Gasteiger partial charge >= 0.3 is 0 Å². The van der Waals surface area contributed by atoms with E-state index in [1.807, 2.05) is 4.90 Å². The van der Waals surface area contributed by atoms with Crippen LogP contribution in [-0.4, -0.2) is 59.2 Å². The number of rotatable bonds is 1. The lowest BCUT2D eigenvalue weighted by Gasteiger charge is -2.45. The van der Waals surface area contributed by atoms with E-state index in [0.717, 1.165) is 12.8 Å². The Balaban J connectivity index is 1.37. The van der Waals surface area contributed by atoms with Gasteiger partial charge in [0.2, 0.25) is 11.8 Å². The largest absolute Gasteiger partial charge is 0.486 e. The molecule has 3 heterocycles. The number of likely N-dealkylation sites (tertiary alicyclic amines) is 2. The van der Waals surface area contributed by atoms with E-state index < -0.39 is 5.60 Å². The molecule has 3 aliphatic rings. The summed E-state index contributed by atoms with van der Waals surface area (Å²) in [6, 6.07) is 5.16. The molecule has 4 rings (SSSR count). The number of nitrogens with zero attached hydrogens (tertiary/aromatic N) is 2. The molecule has 0 aliphatic carbocycles. The first-order valence-corrected chi connectivity index (χ1v) is 10.3. The normalized spacial score (nSPS) is 22.0. The molecule has 150 valence electrons. The molecule has 0 radical (unpaired) electrons. The molecule has 1 spiro atoms. The monoisotopic (exact) mass is 404 g/mol. The molecule has 0 aromatic heterocycles. The quantitative estimate of drug-likeness (QED) is 0.721. The van der Waals surface area contributed by atoms with E-state index in [9.17, 15) is 14.4 Å². The van der Waals surface area contributed by atoms with Gasteiger partial charge < -0.3 is 14.5 Å². The molecular weight excluding hydrogens is 380 g/mol. The van der Waals surface area contributed by atoms with E-state index in [1.165, 1.54) is 0 Å². The zero-order chi connectivity index (χ0) is 19.9. The summed E-state index contributed by atoms with van der Waals surface area (Å²) in [7, 11) is 0. The van der Waals surface area contributed by atoms with Crippen LogP contribution in [0.15, 0.2) is 18.2 Å². The number of carbonyl (C=O) groups excluding carboxylic acids is 3. The second-order valence-electron chi connectivity index (χ2n) is 8.13. The Bertz CT molecular complexity index is 809. The van der Waals surface area contributed by atoms with Gasteiger partial charge in [-0.15, -0.1) is 0 Å². The maximum atomic E-state index is 12.9. The van der Waals surface area contributed by atoms with Gasteiger partial charge in [0.15, 0.2) is 5.78 Å². The topological polar surface area (TPSA) is 66.9 Å². The van der Waals surface area contributed by atoms with Gasteiger partial charge in [-0.25, -0.2) is 0 Å². The van der Waals surface area contributed by atoms with Crippen LogP contribution >= 0.6 is 11.6 Å². The van der Waals surface area contributed by atoms with Crippen molar-refractivity contribution in [1.29, 1.82) is 0 Å². The number of ketones is 1. The Labute approximate surface area is 169 Å². The smallest absolute Gasteiger partial charge is 0.225 e. The second-order valence-corrected chi connectivity index (χ2v) is 8.57. The Hall–Kier alpha value is -2.08. The predicted octanol–water partition coefficient (Wildman–Crippen LogP) is 2.92. The third-order valence-corrected chi connectivity index (χ3v) is 6.56. The van der Waals surface area contributed by atoms with Crippen LogP contribution < -0.4 is 4.74 Å². The molecular formula is C21H25ClN2O4. The number of hydrogen-bond donors (Lipinski definition) is 0. The summed E-state index contributed by atoms with van der Waals surface area (Å²) in [5, 5.41) is 0.530. The lowest BCUT2D eigenvalue weighted by Crippen LogP contribution is -2.54. The number of hydrogen-bond acceptors (Lipinski definition) is 4. The van der Waals surface area contributed by atoms with Gasteiger partial charge in [-0.3, -0.25) is 14.4 Å². The maximum absolute atomic E-state index is 12.9. The highest BCUT2D eigenvalue weighted by atomic mass is 35.5. The van der Waals surface area contributed by atoms with Crippen LogP contribution in [0.1, 0.15) is 49.4 Å². The third-order valence-electron chi connectivity index (χ3n) is 6.33. The number of amides is 2. The lowest BCUT2D eigenvalue weighted by molar-refractivity contribution is -0.143.